The minimum atomic E-state index is -0.718. The van der Waals surface area contributed by atoms with Crippen molar-refractivity contribution in [1.29, 1.82) is 0 Å². The number of carbonyl (C=O) groups excluding carboxylic acids is 2. The number of hydrogen-bond donors (Lipinski definition) is 3. The zero-order chi connectivity index (χ0) is 20.7. The first-order chi connectivity index (χ1) is 13.3. The molecule has 1 atom stereocenters. The Balaban J connectivity index is 2.07. The largest absolute Gasteiger partial charge is 0.481 e. The topological polar surface area (TPSA) is 93.4 Å². The van der Waals surface area contributed by atoms with E-state index in [1.807, 2.05) is 25.1 Å². The molecule has 0 aromatic heterocycles. The second kappa shape index (κ2) is 9.90. The summed E-state index contributed by atoms with van der Waals surface area (Å²) in [6, 6.07) is 12.7. The van der Waals surface area contributed by atoms with Crippen molar-refractivity contribution < 1.29 is 14.3 Å². The molecule has 28 heavy (non-hydrogen) atoms. The van der Waals surface area contributed by atoms with Crippen LogP contribution in [-0.2, 0) is 4.79 Å². The Bertz CT molecular complexity index is 834. The van der Waals surface area contributed by atoms with E-state index in [1.165, 1.54) is 5.56 Å². The van der Waals surface area contributed by atoms with E-state index in [-0.39, 0.29) is 11.8 Å². The molecule has 0 radical (unpaired) electrons. The van der Waals surface area contributed by atoms with Crippen LogP contribution in [0.2, 0.25) is 0 Å². The normalized spacial score (nSPS) is 11.8. The van der Waals surface area contributed by atoms with Crippen LogP contribution in [0.15, 0.2) is 42.5 Å². The van der Waals surface area contributed by atoms with Crippen molar-refractivity contribution in [2.75, 3.05) is 18.4 Å². The van der Waals surface area contributed by atoms with Crippen LogP contribution in [0, 0.1) is 6.92 Å². The average molecular weight is 383 g/mol. The van der Waals surface area contributed by atoms with Gasteiger partial charge in [0, 0.05) is 13.1 Å². The van der Waals surface area contributed by atoms with Gasteiger partial charge in [0.2, 0.25) is 0 Å². The smallest absolute Gasteiger partial charge is 0.265 e. The fourth-order valence-electron chi connectivity index (χ4n) is 2.93. The molecule has 0 saturated heterocycles. The zero-order valence-corrected chi connectivity index (χ0v) is 16.9. The van der Waals surface area contributed by atoms with Gasteiger partial charge in [0.15, 0.2) is 6.10 Å². The van der Waals surface area contributed by atoms with Gasteiger partial charge in [0.05, 0.1) is 11.3 Å². The quantitative estimate of drug-likeness (QED) is 0.652. The molecule has 0 saturated carbocycles. The highest BCUT2D eigenvalue weighted by Gasteiger charge is 2.18. The number of nitrogens with two attached hydrogens (primary N) is 1. The van der Waals surface area contributed by atoms with Crippen molar-refractivity contribution in [1.82, 2.24) is 5.32 Å². The maximum Gasteiger partial charge on any atom is 0.265 e. The third kappa shape index (κ3) is 5.57. The predicted octanol–water partition coefficient (Wildman–Crippen LogP) is 3.21. The first-order valence-electron chi connectivity index (χ1n) is 9.48. The number of aryl methyl sites for hydroxylation is 1. The lowest BCUT2D eigenvalue weighted by molar-refractivity contribution is -0.122. The van der Waals surface area contributed by atoms with Gasteiger partial charge in [-0.15, -0.1) is 0 Å². The van der Waals surface area contributed by atoms with Crippen LogP contribution < -0.4 is 21.1 Å². The molecule has 4 N–H and O–H groups in total. The summed E-state index contributed by atoms with van der Waals surface area (Å²) >= 11 is 0. The number of anilines is 1. The highest BCUT2D eigenvalue weighted by molar-refractivity contribution is 6.04. The van der Waals surface area contributed by atoms with Crippen LogP contribution >= 0.6 is 0 Å². The summed E-state index contributed by atoms with van der Waals surface area (Å²) < 4.78 is 5.80. The molecule has 2 rings (SSSR count). The Morgan fingerprint density at radius 1 is 1.11 bits per heavy atom. The standard InChI is InChI=1S/C22H29N3O3/c1-14(2)18-10-9-17(13-15(18)3)28-16(4)21(26)25-20-8-6-5-7-19(20)22(27)24-12-11-23/h5-10,13-14,16H,11-12,23H2,1-4H3,(H,24,27)(H,25,26). The first kappa shape index (κ1) is 21.4. The number of benzene rings is 2. The van der Waals surface area contributed by atoms with E-state index >= 15 is 0 Å². The number of amides is 2. The van der Waals surface area contributed by atoms with Crippen LogP contribution in [-0.4, -0.2) is 31.0 Å². The van der Waals surface area contributed by atoms with Crippen LogP contribution in [0.25, 0.3) is 0 Å². The number of carbonyl (C=O) groups is 2. The SMILES string of the molecule is Cc1cc(OC(C)C(=O)Nc2ccccc2C(=O)NCCN)ccc1C(C)C. The Hall–Kier alpha value is -2.86. The maximum absolute atomic E-state index is 12.6. The number of para-hydroxylation sites is 1. The summed E-state index contributed by atoms with van der Waals surface area (Å²) in [6.45, 7) is 8.70. The van der Waals surface area contributed by atoms with E-state index in [1.54, 1.807) is 31.2 Å². The predicted molar refractivity (Wildman–Crippen MR) is 112 cm³/mol. The van der Waals surface area contributed by atoms with Gasteiger partial charge in [0.25, 0.3) is 11.8 Å². The first-order valence-corrected chi connectivity index (χ1v) is 9.48. The third-order valence-corrected chi connectivity index (χ3v) is 4.40. The molecular formula is C22H29N3O3. The highest BCUT2D eigenvalue weighted by atomic mass is 16.5. The van der Waals surface area contributed by atoms with E-state index < -0.39 is 6.10 Å². The second-order valence-corrected chi connectivity index (χ2v) is 7.01. The summed E-state index contributed by atoms with van der Waals surface area (Å²) in [5.74, 6) is 0.453. The molecule has 0 fully saturated rings. The molecule has 0 aliphatic heterocycles. The lowest BCUT2D eigenvalue weighted by atomic mass is 9.98. The van der Waals surface area contributed by atoms with Gasteiger partial charge >= 0.3 is 0 Å². The lowest BCUT2D eigenvalue weighted by Crippen LogP contribution is -2.33. The monoisotopic (exact) mass is 383 g/mol. The van der Waals surface area contributed by atoms with E-state index in [2.05, 4.69) is 24.5 Å². The van der Waals surface area contributed by atoms with Gasteiger partial charge in [-0.1, -0.05) is 32.0 Å². The molecule has 2 aromatic carbocycles. The van der Waals surface area contributed by atoms with Gasteiger partial charge in [-0.25, -0.2) is 0 Å². The molecule has 2 amide bonds. The molecule has 0 aliphatic carbocycles. The van der Waals surface area contributed by atoms with Crippen LogP contribution in [0.1, 0.15) is 48.2 Å². The molecule has 6 nitrogen and oxygen atoms in total. The Kier molecular flexibility index (Phi) is 7.58. The fraction of sp³-hybridized carbons (Fsp3) is 0.364. The minimum absolute atomic E-state index is 0.283. The third-order valence-electron chi connectivity index (χ3n) is 4.40. The molecule has 150 valence electrons. The lowest BCUT2D eigenvalue weighted by Gasteiger charge is -2.18. The molecule has 1 unspecified atom stereocenters. The van der Waals surface area contributed by atoms with Gasteiger partial charge < -0.3 is 21.1 Å². The van der Waals surface area contributed by atoms with Crippen LogP contribution in [0.4, 0.5) is 5.69 Å². The van der Waals surface area contributed by atoms with Gasteiger partial charge in [-0.05, 0) is 55.2 Å². The van der Waals surface area contributed by atoms with Crippen molar-refractivity contribution in [3.8, 4) is 5.75 Å². The number of rotatable bonds is 8. The fourth-order valence-corrected chi connectivity index (χ4v) is 2.93. The summed E-state index contributed by atoms with van der Waals surface area (Å²) in [6.07, 6.45) is -0.718. The van der Waals surface area contributed by atoms with Crippen LogP contribution in [0.5, 0.6) is 5.75 Å². The van der Waals surface area contributed by atoms with Gasteiger partial charge in [-0.3, -0.25) is 9.59 Å². The van der Waals surface area contributed by atoms with E-state index in [0.717, 1.165) is 5.56 Å². The number of ether oxygens (including phenoxy) is 1. The molecule has 2 aromatic rings. The Morgan fingerprint density at radius 3 is 2.46 bits per heavy atom. The number of hydrogen-bond acceptors (Lipinski definition) is 4. The maximum atomic E-state index is 12.6. The Morgan fingerprint density at radius 2 is 1.82 bits per heavy atom. The van der Waals surface area contributed by atoms with E-state index in [9.17, 15) is 9.59 Å². The Labute approximate surface area is 166 Å². The average Bonchev–Trinajstić information content (AvgIpc) is 2.66. The summed E-state index contributed by atoms with van der Waals surface area (Å²) in [4.78, 5) is 24.8. The van der Waals surface area contributed by atoms with Gasteiger partial charge in [0.1, 0.15) is 5.75 Å². The van der Waals surface area contributed by atoms with Crippen LogP contribution in [0.3, 0.4) is 0 Å². The van der Waals surface area contributed by atoms with Crippen molar-refractivity contribution in [2.24, 2.45) is 5.73 Å². The second-order valence-electron chi connectivity index (χ2n) is 7.01. The molecule has 0 spiro atoms. The van der Waals surface area contributed by atoms with Gasteiger partial charge in [-0.2, -0.15) is 0 Å². The van der Waals surface area contributed by atoms with Crippen molar-refractivity contribution in [3.63, 3.8) is 0 Å². The van der Waals surface area contributed by atoms with Crippen molar-refractivity contribution in [2.45, 2.75) is 39.7 Å². The van der Waals surface area contributed by atoms with E-state index in [0.29, 0.717) is 36.0 Å². The summed E-state index contributed by atoms with van der Waals surface area (Å²) in [5.41, 5.74) is 8.62. The molecular weight excluding hydrogens is 354 g/mol. The molecule has 0 aliphatic rings. The molecule has 0 bridgehead atoms. The number of nitrogens with one attached hydrogen (secondary N) is 2. The molecule has 6 heteroatoms. The summed E-state index contributed by atoms with van der Waals surface area (Å²) in [7, 11) is 0. The molecule has 0 heterocycles. The van der Waals surface area contributed by atoms with Crippen molar-refractivity contribution >= 4 is 17.5 Å². The van der Waals surface area contributed by atoms with E-state index in [4.69, 9.17) is 10.5 Å². The minimum Gasteiger partial charge on any atom is -0.481 e. The summed E-state index contributed by atoms with van der Waals surface area (Å²) in [5, 5.41) is 5.48. The zero-order valence-electron chi connectivity index (χ0n) is 16.9. The highest BCUT2D eigenvalue weighted by Crippen LogP contribution is 2.24. The van der Waals surface area contributed by atoms with Crippen molar-refractivity contribution in [3.05, 3.63) is 59.2 Å².